The molecule has 2 fully saturated rings. The first-order chi connectivity index (χ1) is 12.3. The summed E-state index contributed by atoms with van der Waals surface area (Å²) < 4.78 is 11.6. The highest BCUT2D eigenvalue weighted by molar-refractivity contribution is 5.84. The number of aromatic nitrogens is 2. The maximum absolute atomic E-state index is 9.12. The number of nitrogens with zero attached hydrogens (tertiary/aromatic N) is 4. The van der Waals surface area contributed by atoms with Crippen molar-refractivity contribution in [2.45, 2.75) is 37.8 Å². The van der Waals surface area contributed by atoms with Crippen molar-refractivity contribution in [3.05, 3.63) is 30.1 Å². The summed E-state index contributed by atoms with van der Waals surface area (Å²) in [5.41, 5.74) is 1.41. The zero-order valence-corrected chi connectivity index (χ0v) is 14.2. The molecule has 0 N–H and O–H groups in total. The second kappa shape index (κ2) is 7.34. The van der Waals surface area contributed by atoms with E-state index >= 15 is 0 Å². The Morgan fingerprint density at radius 2 is 1.92 bits per heavy atom. The summed E-state index contributed by atoms with van der Waals surface area (Å²) >= 11 is 0. The Balaban J connectivity index is 1.43. The highest BCUT2D eigenvalue weighted by Crippen LogP contribution is 2.29. The van der Waals surface area contributed by atoms with Crippen LogP contribution < -0.4 is 4.74 Å². The van der Waals surface area contributed by atoms with Crippen LogP contribution in [0.3, 0.4) is 0 Å². The van der Waals surface area contributed by atoms with Crippen molar-refractivity contribution in [3.63, 3.8) is 0 Å². The third-order valence-electron chi connectivity index (χ3n) is 5.21. The molecule has 6 heteroatoms. The predicted octanol–water partition coefficient (Wildman–Crippen LogP) is 2.52. The van der Waals surface area contributed by atoms with Crippen LogP contribution in [0.2, 0.25) is 0 Å². The van der Waals surface area contributed by atoms with Crippen LogP contribution in [0.25, 0.3) is 10.9 Å². The van der Waals surface area contributed by atoms with Gasteiger partial charge in [-0.3, -0.25) is 4.90 Å². The van der Waals surface area contributed by atoms with Gasteiger partial charge < -0.3 is 9.47 Å². The van der Waals surface area contributed by atoms with Crippen LogP contribution in [-0.4, -0.2) is 53.3 Å². The molecule has 1 aromatic carbocycles. The van der Waals surface area contributed by atoms with Crippen LogP contribution in [0.4, 0.5) is 0 Å². The number of rotatable bonds is 3. The van der Waals surface area contributed by atoms with E-state index in [1.165, 1.54) is 6.33 Å². The highest BCUT2D eigenvalue weighted by atomic mass is 16.5. The summed E-state index contributed by atoms with van der Waals surface area (Å²) in [5, 5.41) is 9.93. The van der Waals surface area contributed by atoms with Gasteiger partial charge in [-0.05, 0) is 43.9 Å². The van der Waals surface area contributed by atoms with Gasteiger partial charge in [0.2, 0.25) is 5.88 Å². The molecule has 2 aromatic rings. The zero-order valence-electron chi connectivity index (χ0n) is 14.2. The fraction of sp³-hybridized carbons (Fsp3) is 0.526. The van der Waals surface area contributed by atoms with E-state index in [1.807, 2.05) is 12.1 Å². The lowest BCUT2D eigenvalue weighted by Gasteiger charge is -2.38. The third-order valence-corrected chi connectivity index (χ3v) is 5.21. The molecule has 25 heavy (non-hydrogen) atoms. The standard InChI is InChI=1S/C19H22N4O2/c20-12-14-1-6-18-17(11-14)19(22-13-21-18)25-16-4-2-15(3-5-16)23-7-9-24-10-8-23/h1,6,11,13,15-16H,2-5,7-10H2. The van der Waals surface area contributed by atoms with Gasteiger partial charge in [0.15, 0.2) is 0 Å². The molecule has 0 amide bonds. The van der Waals surface area contributed by atoms with Crippen molar-refractivity contribution >= 4 is 10.9 Å². The van der Waals surface area contributed by atoms with E-state index in [9.17, 15) is 0 Å². The second-order valence-electron chi connectivity index (χ2n) is 6.72. The average molecular weight is 338 g/mol. The molecule has 0 unspecified atom stereocenters. The van der Waals surface area contributed by atoms with E-state index < -0.39 is 0 Å². The van der Waals surface area contributed by atoms with Crippen molar-refractivity contribution < 1.29 is 9.47 Å². The number of nitriles is 1. The molecule has 4 rings (SSSR count). The second-order valence-corrected chi connectivity index (χ2v) is 6.72. The summed E-state index contributed by atoms with van der Waals surface area (Å²) in [6.07, 6.45) is 6.08. The van der Waals surface area contributed by atoms with Gasteiger partial charge >= 0.3 is 0 Å². The third kappa shape index (κ3) is 3.58. The van der Waals surface area contributed by atoms with E-state index in [4.69, 9.17) is 14.7 Å². The molecular formula is C19H22N4O2. The summed E-state index contributed by atoms with van der Waals surface area (Å²) in [6, 6.07) is 8.24. The SMILES string of the molecule is N#Cc1ccc2ncnc(OC3CCC(N4CCOCC4)CC3)c2c1. The summed E-state index contributed by atoms with van der Waals surface area (Å²) in [6.45, 7) is 3.79. The van der Waals surface area contributed by atoms with Crippen molar-refractivity contribution in [2.75, 3.05) is 26.3 Å². The van der Waals surface area contributed by atoms with E-state index in [1.54, 1.807) is 6.07 Å². The van der Waals surface area contributed by atoms with Gasteiger partial charge in [-0.2, -0.15) is 5.26 Å². The molecule has 0 radical (unpaired) electrons. The van der Waals surface area contributed by atoms with Gasteiger partial charge in [0.1, 0.15) is 12.4 Å². The maximum Gasteiger partial charge on any atom is 0.224 e. The number of hydrogen-bond donors (Lipinski definition) is 0. The lowest BCUT2D eigenvalue weighted by Crippen LogP contribution is -2.46. The molecule has 1 aromatic heterocycles. The number of hydrogen-bond acceptors (Lipinski definition) is 6. The summed E-state index contributed by atoms with van der Waals surface area (Å²) in [4.78, 5) is 11.1. The van der Waals surface area contributed by atoms with Crippen molar-refractivity contribution in [3.8, 4) is 11.9 Å². The van der Waals surface area contributed by atoms with Gasteiger partial charge in [0.05, 0.1) is 35.7 Å². The van der Waals surface area contributed by atoms with Gasteiger partial charge in [0.25, 0.3) is 0 Å². The fourth-order valence-electron chi connectivity index (χ4n) is 3.83. The molecule has 1 saturated carbocycles. The van der Waals surface area contributed by atoms with Crippen LogP contribution in [-0.2, 0) is 4.74 Å². The number of benzene rings is 1. The van der Waals surface area contributed by atoms with Crippen LogP contribution in [0.15, 0.2) is 24.5 Å². The van der Waals surface area contributed by atoms with Crippen LogP contribution in [0, 0.1) is 11.3 Å². The average Bonchev–Trinajstić information content (AvgIpc) is 2.69. The maximum atomic E-state index is 9.12. The summed E-state index contributed by atoms with van der Waals surface area (Å²) in [5.74, 6) is 0.594. The highest BCUT2D eigenvalue weighted by Gasteiger charge is 2.28. The Hall–Kier alpha value is -2.23. The molecule has 2 aliphatic rings. The Kier molecular flexibility index (Phi) is 4.77. The molecule has 1 aliphatic heterocycles. The first kappa shape index (κ1) is 16.2. The lowest BCUT2D eigenvalue weighted by molar-refractivity contribution is -0.00126. The minimum Gasteiger partial charge on any atom is -0.474 e. The minimum atomic E-state index is 0.182. The van der Waals surface area contributed by atoms with E-state index in [0.29, 0.717) is 17.5 Å². The first-order valence-corrected chi connectivity index (χ1v) is 8.97. The molecule has 130 valence electrons. The topological polar surface area (TPSA) is 71.3 Å². The Morgan fingerprint density at radius 1 is 1.12 bits per heavy atom. The predicted molar refractivity (Wildman–Crippen MR) is 93.3 cm³/mol. The molecular weight excluding hydrogens is 316 g/mol. The van der Waals surface area contributed by atoms with E-state index in [2.05, 4.69) is 20.9 Å². The number of morpholine rings is 1. The zero-order chi connectivity index (χ0) is 17.1. The van der Waals surface area contributed by atoms with Crippen molar-refractivity contribution in [1.29, 1.82) is 5.26 Å². The summed E-state index contributed by atoms with van der Waals surface area (Å²) in [7, 11) is 0. The lowest BCUT2D eigenvalue weighted by atomic mass is 9.91. The Morgan fingerprint density at radius 3 is 2.68 bits per heavy atom. The fourth-order valence-corrected chi connectivity index (χ4v) is 3.83. The number of fused-ring (bicyclic) bond motifs is 1. The molecule has 2 heterocycles. The normalized spacial score (nSPS) is 24.8. The molecule has 6 nitrogen and oxygen atoms in total. The van der Waals surface area contributed by atoms with Crippen LogP contribution >= 0.6 is 0 Å². The minimum absolute atomic E-state index is 0.182. The smallest absolute Gasteiger partial charge is 0.224 e. The van der Waals surface area contributed by atoms with Gasteiger partial charge in [-0.15, -0.1) is 0 Å². The monoisotopic (exact) mass is 338 g/mol. The van der Waals surface area contributed by atoms with Crippen molar-refractivity contribution in [2.24, 2.45) is 0 Å². The Labute approximate surface area is 147 Å². The van der Waals surface area contributed by atoms with E-state index in [-0.39, 0.29) is 6.10 Å². The number of ether oxygens (including phenoxy) is 2. The first-order valence-electron chi connectivity index (χ1n) is 8.97. The largest absolute Gasteiger partial charge is 0.474 e. The van der Waals surface area contributed by atoms with Gasteiger partial charge in [-0.1, -0.05) is 0 Å². The van der Waals surface area contributed by atoms with E-state index in [0.717, 1.165) is 62.9 Å². The van der Waals surface area contributed by atoms with Gasteiger partial charge in [-0.25, -0.2) is 9.97 Å². The molecule has 1 aliphatic carbocycles. The molecule has 0 atom stereocenters. The van der Waals surface area contributed by atoms with Crippen molar-refractivity contribution in [1.82, 2.24) is 14.9 Å². The Bertz CT molecular complexity index is 775. The van der Waals surface area contributed by atoms with Crippen LogP contribution in [0.1, 0.15) is 31.2 Å². The molecule has 0 bridgehead atoms. The molecule has 0 spiro atoms. The molecule has 1 saturated heterocycles. The van der Waals surface area contributed by atoms with Gasteiger partial charge in [0, 0.05) is 19.1 Å². The quantitative estimate of drug-likeness (QED) is 0.856. The van der Waals surface area contributed by atoms with Crippen LogP contribution in [0.5, 0.6) is 5.88 Å².